The van der Waals surface area contributed by atoms with Crippen molar-refractivity contribution in [3.63, 3.8) is 0 Å². The van der Waals surface area contributed by atoms with Gasteiger partial charge in [0.05, 0.1) is 23.4 Å². The van der Waals surface area contributed by atoms with Gasteiger partial charge in [0, 0.05) is 23.7 Å². The van der Waals surface area contributed by atoms with Crippen molar-refractivity contribution in [2.45, 2.75) is 23.9 Å². The zero-order valence-electron chi connectivity index (χ0n) is 13.6. The van der Waals surface area contributed by atoms with Crippen LogP contribution in [-0.4, -0.2) is 65.6 Å². The van der Waals surface area contributed by atoms with E-state index in [-0.39, 0.29) is 35.1 Å². The fourth-order valence-corrected chi connectivity index (χ4v) is 5.95. The summed E-state index contributed by atoms with van der Waals surface area (Å²) in [6, 6.07) is -1.01. The molecule has 11 nitrogen and oxygen atoms in total. The summed E-state index contributed by atoms with van der Waals surface area (Å²) >= 11 is 0. The third-order valence-electron chi connectivity index (χ3n) is 5.56. The molecule has 2 saturated heterocycles. The number of nitrogens with one attached hydrogen (secondary N) is 1. The Morgan fingerprint density at radius 2 is 2.08 bits per heavy atom. The van der Waals surface area contributed by atoms with Crippen molar-refractivity contribution >= 4 is 27.8 Å². The van der Waals surface area contributed by atoms with Crippen LogP contribution in [-0.2, 0) is 24.4 Å². The molecule has 6 N–H and O–H groups in total. The van der Waals surface area contributed by atoms with Gasteiger partial charge in [-0.1, -0.05) is 0 Å². The Morgan fingerprint density at radius 1 is 1.42 bits per heavy atom. The Morgan fingerprint density at radius 3 is 2.65 bits per heavy atom. The minimum absolute atomic E-state index is 0.00277. The van der Waals surface area contributed by atoms with E-state index in [9.17, 15) is 27.4 Å². The summed E-state index contributed by atoms with van der Waals surface area (Å²) in [5.41, 5.74) is 10.1. The highest BCUT2D eigenvalue weighted by Gasteiger charge is 2.77. The lowest BCUT2D eigenvalue weighted by atomic mass is 9.84. The number of hydrogen-bond acceptors (Lipinski definition) is 9. The van der Waals surface area contributed by atoms with Gasteiger partial charge >= 0.3 is 6.09 Å². The first-order valence-electron chi connectivity index (χ1n) is 7.76. The van der Waals surface area contributed by atoms with Crippen LogP contribution in [0.2, 0.25) is 0 Å². The van der Waals surface area contributed by atoms with Crippen molar-refractivity contribution < 1.29 is 32.1 Å². The number of nitrogens with zero attached hydrogens (tertiary/aromatic N) is 1. The predicted octanol–water partition coefficient (Wildman–Crippen LogP) is -2.41. The van der Waals surface area contributed by atoms with Gasteiger partial charge in [-0.15, -0.1) is 0 Å². The Kier molecular flexibility index (Phi) is 3.16. The maximum Gasteiger partial charge on any atom is 0.404 e. The smallest absolute Gasteiger partial charge is 0.404 e. The van der Waals surface area contributed by atoms with Gasteiger partial charge in [-0.3, -0.25) is 14.1 Å². The molecule has 1 aliphatic carbocycles. The number of primary amides is 1. The molecule has 3 aliphatic heterocycles. The number of ketones is 2. The van der Waals surface area contributed by atoms with Gasteiger partial charge in [0.2, 0.25) is 11.6 Å². The molecule has 3 heterocycles. The molecule has 0 radical (unpaired) electrons. The van der Waals surface area contributed by atoms with Crippen molar-refractivity contribution in [1.82, 2.24) is 10.2 Å². The second kappa shape index (κ2) is 4.84. The van der Waals surface area contributed by atoms with E-state index >= 15 is 0 Å². The Labute approximate surface area is 147 Å². The molecule has 26 heavy (non-hydrogen) atoms. The highest BCUT2D eigenvalue weighted by Crippen LogP contribution is 2.57. The van der Waals surface area contributed by atoms with E-state index in [2.05, 4.69) is 5.32 Å². The van der Waals surface area contributed by atoms with Crippen molar-refractivity contribution in [2.24, 2.45) is 17.4 Å². The number of nitrogens with two attached hydrogens (primary N) is 2. The summed E-state index contributed by atoms with van der Waals surface area (Å²) < 4.78 is 39.8. The molecular formula is C14H16N4O7S. The van der Waals surface area contributed by atoms with E-state index in [0.29, 0.717) is 0 Å². The van der Waals surface area contributed by atoms with Crippen LogP contribution in [0.4, 0.5) is 4.79 Å². The number of allylic oxidation sites excluding steroid dienone is 2. The fraction of sp³-hybridized carbons (Fsp3) is 0.500. The predicted molar refractivity (Wildman–Crippen MR) is 84.7 cm³/mol. The van der Waals surface area contributed by atoms with Gasteiger partial charge in [0.15, 0.2) is 4.87 Å². The number of carbonyl (C=O) groups is 3. The molecule has 12 heteroatoms. The minimum atomic E-state index is -4.82. The van der Waals surface area contributed by atoms with Gasteiger partial charge in [-0.25, -0.2) is 4.79 Å². The molecule has 0 aromatic heterocycles. The lowest BCUT2D eigenvalue weighted by molar-refractivity contribution is -0.117. The first kappa shape index (κ1) is 17.0. The first-order valence-corrected chi connectivity index (χ1v) is 9.20. The van der Waals surface area contributed by atoms with Gasteiger partial charge in [0.1, 0.15) is 6.61 Å². The molecule has 140 valence electrons. The lowest BCUT2D eigenvalue weighted by Crippen LogP contribution is -2.59. The van der Waals surface area contributed by atoms with Crippen LogP contribution in [0.15, 0.2) is 22.5 Å². The van der Waals surface area contributed by atoms with Gasteiger partial charge in [-0.05, 0) is 6.92 Å². The minimum Gasteiger partial charge on any atom is -0.449 e. The number of carbonyl (C=O) groups excluding carboxylic acids is 3. The maximum atomic E-state index is 12.8. The SMILES string of the molecule is CC1=C(N)C(=O)C2=C(C1=O)N1C[C@@H]3N[C@@H]3[C@]1(S(=O)(=O)O)[C@@H]2COC(N)=O. The van der Waals surface area contributed by atoms with Crippen LogP contribution < -0.4 is 16.8 Å². The fourth-order valence-electron chi connectivity index (χ4n) is 4.41. The van der Waals surface area contributed by atoms with Crippen LogP contribution in [0.3, 0.4) is 0 Å². The highest BCUT2D eigenvalue weighted by atomic mass is 32.2. The lowest BCUT2D eigenvalue weighted by Gasteiger charge is -2.37. The van der Waals surface area contributed by atoms with E-state index in [0.717, 1.165) is 0 Å². The van der Waals surface area contributed by atoms with Crippen molar-refractivity contribution in [2.75, 3.05) is 13.2 Å². The number of hydrogen-bond donors (Lipinski definition) is 4. The standard InChI is InChI=1S/C14H16N4O7S/c1-4-8(15)11(20)7-5(3-25-13(16)21)14(26(22,23)24)12-6(17-12)2-18(14)9(7)10(4)19/h5-6,12,17H,2-3,15H2,1H3,(H2,16,21)(H,22,23,24)/t5-,6+,12+,14-/m1/s1. The molecule has 0 aromatic rings. The summed E-state index contributed by atoms with van der Waals surface area (Å²) in [5.74, 6) is -2.62. The number of piperazine rings is 1. The van der Waals surface area contributed by atoms with E-state index in [1.807, 2.05) is 0 Å². The molecule has 0 unspecified atom stereocenters. The molecule has 4 aliphatic rings. The van der Waals surface area contributed by atoms with Gasteiger partial charge in [0.25, 0.3) is 10.1 Å². The molecular weight excluding hydrogens is 368 g/mol. The average Bonchev–Trinajstić information content (AvgIpc) is 3.11. The molecule has 0 bridgehead atoms. The van der Waals surface area contributed by atoms with E-state index in [1.165, 1.54) is 11.8 Å². The molecule has 0 saturated carbocycles. The third kappa shape index (κ3) is 1.78. The summed E-state index contributed by atoms with van der Waals surface area (Å²) in [4.78, 5) is 35.8. The number of fused-ring (bicyclic) bond motifs is 4. The van der Waals surface area contributed by atoms with Crippen LogP contribution in [0.1, 0.15) is 6.92 Å². The first-order chi connectivity index (χ1) is 12.0. The second-order valence-corrected chi connectivity index (χ2v) is 8.33. The van der Waals surface area contributed by atoms with E-state index in [4.69, 9.17) is 16.2 Å². The second-order valence-electron chi connectivity index (χ2n) is 6.73. The summed E-state index contributed by atoms with van der Waals surface area (Å²) in [7, 11) is -4.82. The van der Waals surface area contributed by atoms with Crippen molar-refractivity contribution in [1.29, 1.82) is 0 Å². The molecule has 1 amide bonds. The molecule has 4 atom stereocenters. The molecule has 4 rings (SSSR count). The number of Topliss-reactive ketones (excluding diaryl/α,β-unsaturated/α-hetero) is 2. The van der Waals surface area contributed by atoms with Crippen molar-refractivity contribution in [3.05, 3.63) is 22.5 Å². The van der Waals surface area contributed by atoms with E-state index in [1.54, 1.807) is 0 Å². The molecule has 0 spiro atoms. The molecule has 0 aromatic carbocycles. The third-order valence-corrected chi connectivity index (χ3v) is 7.15. The Bertz CT molecular complexity index is 952. The Balaban J connectivity index is 1.94. The topological polar surface area (TPSA) is 192 Å². The largest absolute Gasteiger partial charge is 0.449 e. The highest BCUT2D eigenvalue weighted by molar-refractivity contribution is 7.87. The Hall–Kier alpha value is -2.44. The zero-order valence-corrected chi connectivity index (χ0v) is 14.4. The van der Waals surface area contributed by atoms with Crippen LogP contribution in [0.25, 0.3) is 0 Å². The number of ether oxygens (including phenoxy) is 1. The van der Waals surface area contributed by atoms with E-state index < -0.39 is 51.2 Å². The maximum absolute atomic E-state index is 12.8. The normalized spacial score (nSPS) is 35.5. The molecule has 2 fully saturated rings. The monoisotopic (exact) mass is 384 g/mol. The van der Waals surface area contributed by atoms with Gasteiger partial charge in [-0.2, -0.15) is 8.42 Å². The number of rotatable bonds is 3. The zero-order chi connectivity index (χ0) is 19.2. The average molecular weight is 384 g/mol. The van der Waals surface area contributed by atoms with Crippen molar-refractivity contribution in [3.8, 4) is 0 Å². The van der Waals surface area contributed by atoms with Crippen LogP contribution in [0, 0.1) is 5.92 Å². The summed E-state index contributed by atoms with van der Waals surface area (Å²) in [5, 5.41) is 2.92. The van der Waals surface area contributed by atoms with Crippen LogP contribution in [0.5, 0.6) is 0 Å². The van der Waals surface area contributed by atoms with Crippen LogP contribution >= 0.6 is 0 Å². The quantitative estimate of drug-likeness (QED) is 0.231. The number of amides is 1. The van der Waals surface area contributed by atoms with Gasteiger partial charge < -0.3 is 26.4 Å². The summed E-state index contributed by atoms with van der Waals surface area (Å²) in [6.07, 6.45) is -1.18. The summed E-state index contributed by atoms with van der Waals surface area (Å²) in [6.45, 7) is 0.875.